The van der Waals surface area contributed by atoms with Gasteiger partial charge in [-0.25, -0.2) is 13.8 Å². The molecule has 1 heterocycles. The average molecular weight is 365 g/mol. The molecule has 0 saturated heterocycles. The van der Waals surface area contributed by atoms with Gasteiger partial charge in [-0.15, -0.1) is 0 Å². The van der Waals surface area contributed by atoms with Gasteiger partial charge in [0.25, 0.3) is 5.56 Å². The van der Waals surface area contributed by atoms with Crippen LogP contribution in [0.3, 0.4) is 0 Å². The van der Waals surface area contributed by atoms with Gasteiger partial charge in [-0.2, -0.15) is 13.2 Å². The van der Waals surface area contributed by atoms with Gasteiger partial charge in [0.1, 0.15) is 0 Å². The van der Waals surface area contributed by atoms with Gasteiger partial charge in [-0.1, -0.05) is 11.8 Å². The first-order valence-corrected chi connectivity index (χ1v) is 7.20. The van der Waals surface area contributed by atoms with Gasteiger partial charge in [-0.3, -0.25) is 9.59 Å². The molecule has 2 N–H and O–H groups in total. The lowest BCUT2D eigenvalue weighted by atomic mass is 10.3. The van der Waals surface area contributed by atoms with Crippen molar-refractivity contribution in [1.29, 1.82) is 0 Å². The lowest BCUT2D eigenvalue weighted by Crippen LogP contribution is -2.18. The molecule has 0 bridgehead atoms. The molecule has 2 aromatic rings. The van der Waals surface area contributed by atoms with E-state index in [1.807, 2.05) is 0 Å². The van der Waals surface area contributed by atoms with Crippen LogP contribution in [-0.4, -0.2) is 21.6 Å². The van der Waals surface area contributed by atoms with Crippen LogP contribution in [0.5, 0.6) is 0 Å². The van der Waals surface area contributed by atoms with E-state index in [1.54, 1.807) is 0 Å². The largest absolute Gasteiger partial charge is 0.433 e. The summed E-state index contributed by atoms with van der Waals surface area (Å²) in [7, 11) is 0. The zero-order valence-corrected chi connectivity index (χ0v) is 12.4. The molecular weight excluding hydrogens is 357 g/mol. The van der Waals surface area contributed by atoms with Crippen LogP contribution in [0.1, 0.15) is 5.69 Å². The molecule has 0 unspecified atom stereocenters. The molecule has 24 heavy (non-hydrogen) atoms. The molecule has 0 aliphatic carbocycles. The maximum absolute atomic E-state index is 13.0. The molecule has 0 radical (unpaired) electrons. The van der Waals surface area contributed by atoms with E-state index in [4.69, 9.17) is 0 Å². The lowest BCUT2D eigenvalue weighted by molar-refractivity contribution is -0.141. The summed E-state index contributed by atoms with van der Waals surface area (Å²) in [6.45, 7) is 0. The Labute approximate surface area is 135 Å². The van der Waals surface area contributed by atoms with Crippen LogP contribution in [0.2, 0.25) is 0 Å². The molecule has 1 amide bonds. The normalized spacial score (nSPS) is 11.4. The summed E-state index contributed by atoms with van der Waals surface area (Å²) in [6, 6.07) is 2.98. The van der Waals surface area contributed by atoms with E-state index in [-0.39, 0.29) is 5.69 Å². The number of aromatic nitrogens is 2. The van der Waals surface area contributed by atoms with Gasteiger partial charge in [0.2, 0.25) is 5.91 Å². The molecule has 5 nitrogen and oxygen atoms in total. The van der Waals surface area contributed by atoms with Crippen LogP contribution in [0.4, 0.5) is 27.6 Å². The third-order valence-corrected chi connectivity index (χ3v) is 3.43. The minimum Gasteiger partial charge on any atom is -0.325 e. The highest BCUT2D eigenvalue weighted by Gasteiger charge is 2.33. The predicted octanol–water partition coefficient (Wildman–Crippen LogP) is 2.80. The highest BCUT2D eigenvalue weighted by Crippen LogP contribution is 2.27. The molecule has 2 rings (SSSR count). The zero-order chi connectivity index (χ0) is 17.9. The van der Waals surface area contributed by atoms with Gasteiger partial charge < -0.3 is 10.3 Å². The average Bonchev–Trinajstić information content (AvgIpc) is 2.47. The number of H-pyrrole nitrogens is 1. The lowest BCUT2D eigenvalue weighted by Gasteiger charge is -2.07. The summed E-state index contributed by atoms with van der Waals surface area (Å²) in [4.78, 5) is 28.1. The van der Waals surface area contributed by atoms with E-state index in [9.17, 15) is 31.5 Å². The van der Waals surface area contributed by atoms with Crippen LogP contribution in [0.15, 0.2) is 34.2 Å². The predicted molar refractivity (Wildman–Crippen MR) is 75.6 cm³/mol. The summed E-state index contributed by atoms with van der Waals surface area (Å²) < 4.78 is 63.3. The van der Waals surface area contributed by atoms with E-state index in [2.05, 4.69) is 15.3 Å². The zero-order valence-electron chi connectivity index (χ0n) is 11.6. The number of nitrogens with one attached hydrogen (secondary N) is 2. The van der Waals surface area contributed by atoms with Crippen molar-refractivity contribution in [3.63, 3.8) is 0 Å². The monoisotopic (exact) mass is 365 g/mol. The van der Waals surface area contributed by atoms with Crippen molar-refractivity contribution >= 4 is 23.4 Å². The molecule has 0 fully saturated rings. The molecule has 0 aliphatic heterocycles. The molecule has 1 aromatic carbocycles. The van der Waals surface area contributed by atoms with E-state index in [0.717, 1.165) is 18.2 Å². The highest BCUT2D eigenvalue weighted by atomic mass is 32.2. The Morgan fingerprint density at radius 1 is 1.21 bits per heavy atom. The van der Waals surface area contributed by atoms with Crippen LogP contribution in [0, 0.1) is 11.6 Å². The fraction of sp³-hybridized carbons (Fsp3) is 0.154. The fourth-order valence-electron chi connectivity index (χ4n) is 1.55. The molecule has 128 valence electrons. The first kappa shape index (κ1) is 17.9. The van der Waals surface area contributed by atoms with Crippen molar-refractivity contribution in [2.75, 3.05) is 11.1 Å². The van der Waals surface area contributed by atoms with Crippen molar-refractivity contribution in [1.82, 2.24) is 9.97 Å². The van der Waals surface area contributed by atoms with Crippen molar-refractivity contribution in [2.45, 2.75) is 11.3 Å². The van der Waals surface area contributed by atoms with E-state index in [1.165, 1.54) is 0 Å². The minimum atomic E-state index is -4.79. The third-order valence-electron chi connectivity index (χ3n) is 2.55. The number of hydrogen-bond acceptors (Lipinski definition) is 4. The van der Waals surface area contributed by atoms with Crippen LogP contribution in [0.25, 0.3) is 0 Å². The maximum Gasteiger partial charge on any atom is 0.433 e. The van der Waals surface area contributed by atoms with E-state index >= 15 is 0 Å². The van der Waals surface area contributed by atoms with Gasteiger partial charge in [-0.05, 0) is 12.1 Å². The molecular formula is C13H8F5N3O2S. The molecule has 0 spiro atoms. The van der Waals surface area contributed by atoms with Gasteiger partial charge in [0.15, 0.2) is 22.5 Å². The molecule has 0 aliphatic rings. The topological polar surface area (TPSA) is 74.8 Å². The Hall–Kier alpha value is -2.43. The number of nitrogens with zero attached hydrogens (tertiary/aromatic N) is 1. The van der Waals surface area contributed by atoms with Gasteiger partial charge in [0, 0.05) is 17.8 Å². The SMILES string of the molecule is O=C(CSc1nc(C(F)(F)F)cc(=O)[nH]1)Nc1ccc(F)c(F)c1. The Kier molecular flexibility index (Phi) is 5.22. The number of anilines is 1. The van der Waals surface area contributed by atoms with Crippen molar-refractivity contribution in [3.8, 4) is 0 Å². The fourth-order valence-corrected chi connectivity index (χ4v) is 2.23. The van der Waals surface area contributed by atoms with E-state index in [0.29, 0.717) is 17.8 Å². The van der Waals surface area contributed by atoms with Gasteiger partial charge in [0.05, 0.1) is 5.75 Å². The van der Waals surface area contributed by atoms with Crippen molar-refractivity contribution in [2.24, 2.45) is 0 Å². The first-order valence-electron chi connectivity index (χ1n) is 6.21. The molecule has 1 aromatic heterocycles. The summed E-state index contributed by atoms with van der Waals surface area (Å²) in [5, 5.41) is 1.84. The number of benzene rings is 1. The minimum absolute atomic E-state index is 0.0232. The molecule has 0 saturated carbocycles. The summed E-state index contributed by atoms with van der Waals surface area (Å²) in [5.74, 6) is -3.35. The third kappa shape index (κ3) is 4.78. The Balaban J connectivity index is 2.02. The van der Waals surface area contributed by atoms with Gasteiger partial charge >= 0.3 is 6.18 Å². The second kappa shape index (κ2) is 6.99. The van der Waals surface area contributed by atoms with Crippen LogP contribution in [-0.2, 0) is 11.0 Å². The van der Waals surface area contributed by atoms with Crippen LogP contribution < -0.4 is 10.9 Å². The first-order chi connectivity index (χ1) is 11.1. The number of carbonyl (C=O) groups is 1. The summed E-state index contributed by atoms with van der Waals surface area (Å²) in [5.41, 5.74) is -2.42. The number of thioether (sulfide) groups is 1. The van der Waals surface area contributed by atoms with Crippen molar-refractivity contribution in [3.05, 3.63) is 51.9 Å². The molecule has 0 atom stereocenters. The number of rotatable bonds is 4. The second-order valence-corrected chi connectivity index (χ2v) is 5.36. The van der Waals surface area contributed by atoms with Crippen molar-refractivity contribution < 1.29 is 26.7 Å². The highest BCUT2D eigenvalue weighted by molar-refractivity contribution is 7.99. The summed E-state index contributed by atoms with van der Waals surface area (Å²) >= 11 is 0.553. The van der Waals surface area contributed by atoms with E-state index < -0.39 is 45.9 Å². The number of halogens is 5. The number of aromatic amines is 1. The Bertz CT molecular complexity index is 822. The second-order valence-electron chi connectivity index (χ2n) is 4.40. The standard InChI is InChI=1S/C13H8F5N3O2S/c14-7-2-1-6(3-8(7)15)19-11(23)5-24-12-20-9(13(16,17)18)4-10(22)21-12/h1-4H,5H2,(H,19,23)(H,20,21,22). The summed E-state index contributed by atoms with van der Waals surface area (Å²) in [6.07, 6.45) is -4.79. The number of carbonyl (C=O) groups excluding carboxylic acids is 1. The number of amides is 1. The quantitative estimate of drug-likeness (QED) is 0.496. The number of alkyl halides is 3. The maximum atomic E-state index is 13.0. The Morgan fingerprint density at radius 3 is 2.54 bits per heavy atom. The smallest absolute Gasteiger partial charge is 0.325 e. The van der Waals surface area contributed by atoms with Crippen LogP contribution >= 0.6 is 11.8 Å². The molecule has 11 heteroatoms. The number of hydrogen-bond donors (Lipinski definition) is 2. The Morgan fingerprint density at radius 2 is 1.92 bits per heavy atom.